The molecule has 0 aliphatic heterocycles. The molecule has 2 aromatic rings. The Morgan fingerprint density at radius 2 is 1.91 bits per heavy atom. The van der Waals surface area contributed by atoms with E-state index in [1.54, 1.807) is 25.3 Å². The normalized spacial score (nSPS) is 10.6. The molecule has 0 bridgehead atoms. The quantitative estimate of drug-likeness (QED) is 0.845. The van der Waals surface area contributed by atoms with Gasteiger partial charge in [0, 0.05) is 0 Å². The second-order valence-electron chi connectivity index (χ2n) is 4.68. The number of hydrogen-bond acceptors (Lipinski definition) is 3. The zero-order chi connectivity index (χ0) is 15.8. The Morgan fingerprint density at radius 3 is 2.59 bits per heavy atom. The summed E-state index contributed by atoms with van der Waals surface area (Å²) in [7, 11) is 1.59. The van der Waals surface area contributed by atoms with Crippen LogP contribution in [-0.2, 0) is 11.4 Å². The van der Waals surface area contributed by atoms with E-state index in [-0.39, 0.29) is 6.42 Å². The molecule has 4 heteroatoms. The Labute approximate surface area is 129 Å². The van der Waals surface area contributed by atoms with Crippen molar-refractivity contribution in [2.24, 2.45) is 0 Å². The average molecular weight is 298 g/mol. The predicted octanol–water partition coefficient (Wildman–Crippen LogP) is 3.76. The Bertz CT molecular complexity index is 647. The molecule has 22 heavy (non-hydrogen) atoms. The van der Waals surface area contributed by atoms with Gasteiger partial charge < -0.3 is 14.6 Å². The SMILES string of the molecule is COc1ccc(C=CCC(=O)O)cc1OCc1ccccc1. The van der Waals surface area contributed by atoms with Crippen molar-refractivity contribution in [2.45, 2.75) is 13.0 Å². The Kier molecular flexibility index (Phi) is 5.60. The molecule has 2 aromatic carbocycles. The summed E-state index contributed by atoms with van der Waals surface area (Å²) in [6.07, 6.45) is 3.35. The first-order valence-corrected chi connectivity index (χ1v) is 6.92. The molecule has 0 unspecified atom stereocenters. The Morgan fingerprint density at radius 1 is 1.14 bits per heavy atom. The summed E-state index contributed by atoms with van der Waals surface area (Å²) >= 11 is 0. The third-order valence-electron chi connectivity index (χ3n) is 3.03. The van der Waals surface area contributed by atoms with Crippen molar-refractivity contribution in [3.05, 3.63) is 65.7 Å². The van der Waals surface area contributed by atoms with Gasteiger partial charge in [0.05, 0.1) is 13.5 Å². The van der Waals surface area contributed by atoms with Crippen molar-refractivity contribution >= 4 is 12.0 Å². The molecule has 0 atom stereocenters. The van der Waals surface area contributed by atoms with Crippen LogP contribution in [0.2, 0.25) is 0 Å². The maximum Gasteiger partial charge on any atom is 0.307 e. The highest BCUT2D eigenvalue weighted by atomic mass is 16.5. The van der Waals surface area contributed by atoms with Crippen molar-refractivity contribution in [2.75, 3.05) is 7.11 Å². The number of carboxylic acids is 1. The number of rotatable bonds is 7. The molecule has 114 valence electrons. The van der Waals surface area contributed by atoms with Crippen LogP contribution in [0.25, 0.3) is 6.08 Å². The Balaban J connectivity index is 2.10. The molecule has 0 heterocycles. The monoisotopic (exact) mass is 298 g/mol. The van der Waals surface area contributed by atoms with Gasteiger partial charge in [0.1, 0.15) is 6.61 Å². The summed E-state index contributed by atoms with van der Waals surface area (Å²) in [5, 5.41) is 8.64. The number of benzene rings is 2. The van der Waals surface area contributed by atoms with E-state index < -0.39 is 5.97 Å². The number of ether oxygens (including phenoxy) is 2. The maximum atomic E-state index is 10.5. The van der Waals surface area contributed by atoms with Gasteiger partial charge in [0.25, 0.3) is 0 Å². The molecule has 0 aromatic heterocycles. The fourth-order valence-corrected chi connectivity index (χ4v) is 1.94. The first-order valence-electron chi connectivity index (χ1n) is 6.92. The maximum absolute atomic E-state index is 10.5. The van der Waals surface area contributed by atoms with Gasteiger partial charge >= 0.3 is 5.97 Å². The third kappa shape index (κ3) is 4.66. The molecule has 0 saturated carbocycles. The summed E-state index contributed by atoms with van der Waals surface area (Å²) in [6, 6.07) is 15.3. The van der Waals surface area contributed by atoms with E-state index >= 15 is 0 Å². The van der Waals surface area contributed by atoms with Crippen LogP contribution in [0, 0.1) is 0 Å². The highest BCUT2D eigenvalue weighted by Gasteiger charge is 2.05. The molecule has 0 spiro atoms. The lowest BCUT2D eigenvalue weighted by Gasteiger charge is -2.11. The van der Waals surface area contributed by atoms with Crippen LogP contribution >= 0.6 is 0 Å². The first kappa shape index (κ1) is 15.6. The van der Waals surface area contributed by atoms with Crippen LogP contribution in [0.5, 0.6) is 11.5 Å². The van der Waals surface area contributed by atoms with Gasteiger partial charge in [-0.05, 0) is 23.3 Å². The van der Waals surface area contributed by atoms with E-state index in [0.29, 0.717) is 18.1 Å². The summed E-state index contributed by atoms with van der Waals surface area (Å²) in [5.74, 6) is 0.417. The standard InChI is InChI=1S/C18H18O4/c1-21-16-11-10-14(8-5-9-18(19)20)12-17(16)22-13-15-6-3-2-4-7-15/h2-8,10-12H,9,13H2,1H3,(H,19,20). The number of hydrogen-bond donors (Lipinski definition) is 1. The van der Waals surface area contributed by atoms with Crippen LogP contribution in [-0.4, -0.2) is 18.2 Å². The fraction of sp³-hybridized carbons (Fsp3) is 0.167. The summed E-state index contributed by atoms with van der Waals surface area (Å²) in [6.45, 7) is 0.444. The van der Waals surface area contributed by atoms with Gasteiger partial charge in [-0.1, -0.05) is 48.6 Å². The van der Waals surface area contributed by atoms with Crippen LogP contribution < -0.4 is 9.47 Å². The average Bonchev–Trinajstić information content (AvgIpc) is 2.54. The lowest BCUT2D eigenvalue weighted by molar-refractivity contribution is -0.135. The van der Waals surface area contributed by atoms with E-state index in [4.69, 9.17) is 14.6 Å². The molecule has 2 rings (SSSR count). The van der Waals surface area contributed by atoms with Gasteiger partial charge in [-0.2, -0.15) is 0 Å². The van der Waals surface area contributed by atoms with Gasteiger partial charge in [-0.25, -0.2) is 0 Å². The van der Waals surface area contributed by atoms with Crippen molar-refractivity contribution in [3.8, 4) is 11.5 Å². The van der Waals surface area contributed by atoms with Gasteiger partial charge in [0.2, 0.25) is 0 Å². The molecule has 0 fully saturated rings. The minimum Gasteiger partial charge on any atom is -0.493 e. The largest absolute Gasteiger partial charge is 0.493 e. The smallest absolute Gasteiger partial charge is 0.307 e. The van der Waals surface area contributed by atoms with Gasteiger partial charge in [0.15, 0.2) is 11.5 Å². The molecule has 0 amide bonds. The number of aliphatic carboxylic acids is 1. The highest BCUT2D eigenvalue weighted by molar-refractivity contribution is 5.70. The zero-order valence-corrected chi connectivity index (χ0v) is 12.4. The molecule has 0 aliphatic rings. The van der Waals surface area contributed by atoms with Crippen molar-refractivity contribution in [3.63, 3.8) is 0 Å². The molecular weight excluding hydrogens is 280 g/mol. The third-order valence-corrected chi connectivity index (χ3v) is 3.03. The molecule has 1 N–H and O–H groups in total. The number of carboxylic acid groups (broad SMARTS) is 1. The predicted molar refractivity (Wildman–Crippen MR) is 85.1 cm³/mol. The lowest BCUT2D eigenvalue weighted by Crippen LogP contribution is -1.97. The molecule has 0 saturated heterocycles. The summed E-state index contributed by atoms with van der Waals surface area (Å²) in [4.78, 5) is 10.5. The van der Waals surface area contributed by atoms with E-state index in [9.17, 15) is 4.79 Å². The number of methoxy groups -OCH3 is 1. The minimum atomic E-state index is -0.856. The van der Waals surface area contributed by atoms with Crippen LogP contribution in [0.1, 0.15) is 17.5 Å². The first-order chi connectivity index (χ1) is 10.7. The number of carbonyl (C=O) groups is 1. The van der Waals surface area contributed by atoms with Crippen LogP contribution in [0.4, 0.5) is 0 Å². The van der Waals surface area contributed by atoms with Crippen molar-refractivity contribution in [1.29, 1.82) is 0 Å². The zero-order valence-electron chi connectivity index (χ0n) is 12.4. The highest BCUT2D eigenvalue weighted by Crippen LogP contribution is 2.29. The topological polar surface area (TPSA) is 55.8 Å². The van der Waals surface area contributed by atoms with Crippen molar-refractivity contribution < 1.29 is 19.4 Å². The van der Waals surface area contributed by atoms with E-state index in [2.05, 4.69) is 0 Å². The van der Waals surface area contributed by atoms with Crippen molar-refractivity contribution in [1.82, 2.24) is 0 Å². The summed E-state index contributed by atoms with van der Waals surface area (Å²) < 4.78 is 11.1. The van der Waals surface area contributed by atoms with E-state index in [1.807, 2.05) is 42.5 Å². The summed E-state index contributed by atoms with van der Waals surface area (Å²) in [5.41, 5.74) is 1.93. The second-order valence-corrected chi connectivity index (χ2v) is 4.68. The lowest BCUT2D eigenvalue weighted by atomic mass is 10.1. The van der Waals surface area contributed by atoms with Gasteiger partial charge in [-0.3, -0.25) is 4.79 Å². The minimum absolute atomic E-state index is 0.00770. The second kappa shape index (κ2) is 7.88. The molecule has 4 nitrogen and oxygen atoms in total. The molecular formula is C18H18O4. The molecule has 0 aliphatic carbocycles. The fourth-order valence-electron chi connectivity index (χ4n) is 1.94. The van der Waals surface area contributed by atoms with E-state index in [0.717, 1.165) is 11.1 Å². The molecule has 0 radical (unpaired) electrons. The van der Waals surface area contributed by atoms with Gasteiger partial charge in [-0.15, -0.1) is 0 Å². The van der Waals surface area contributed by atoms with Crippen LogP contribution in [0.3, 0.4) is 0 Å². The van der Waals surface area contributed by atoms with E-state index in [1.165, 1.54) is 0 Å². The Hall–Kier alpha value is -2.75. The van der Waals surface area contributed by atoms with Crippen LogP contribution in [0.15, 0.2) is 54.6 Å².